The number of carboxylic acids is 1. The maximum Gasteiger partial charge on any atom is 0.326 e. The van der Waals surface area contributed by atoms with Gasteiger partial charge >= 0.3 is 5.97 Å². The summed E-state index contributed by atoms with van der Waals surface area (Å²) in [5, 5.41) is 11.8. The third kappa shape index (κ3) is 4.22. The van der Waals surface area contributed by atoms with Gasteiger partial charge in [-0.3, -0.25) is 4.79 Å². The molecule has 2 fully saturated rings. The van der Waals surface area contributed by atoms with Gasteiger partial charge in [0, 0.05) is 6.42 Å². The van der Waals surface area contributed by atoms with E-state index in [1.165, 1.54) is 0 Å². The van der Waals surface area contributed by atoms with Gasteiger partial charge in [0.25, 0.3) is 0 Å². The Balaban J connectivity index is 1.76. The Labute approximate surface area is 115 Å². The zero-order valence-electron chi connectivity index (χ0n) is 11.9. The van der Waals surface area contributed by atoms with E-state index in [2.05, 4.69) is 19.2 Å². The lowest BCUT2D eigenvalue weighted by atomic mass is 9.72. The van der Waals surface area contributed by atoms with E-state index < -0.39 is 12.0 Å². The van der Waals surface area contributed by atoms with Crippen LogP contribution in [-0.2, 0) is 9.59 Å². The molecule has 2 aliphatic rings. The van der Waals surface area contributed by atoms with Gasteiger partial charge in [-0.05, 0) is 55.8 Å². The second kappa shape index (κ2) is 5.51. The fraction of sp³-hybridized carbons (Fsp3) is 0.867. The van der Waals surface area contributed by atoms with Crippen molar-refractivity contribution in [2.75, 3.05) is 0 Å². The number of carbonyl (C=O) groups excluding carboxylic acids is 1. The first kappa shape index (κ1) is 14.4. The molecular weight excluding hydrogens is 242 g/mol. The molecule has 2 N–H and O–H groups in total. The number of hydrogen-bond donors (Lipinski definition) is 2. The summed E-state index contributed by atoms with van der Waals surface area (Å²) in [6.07, 6.45) is 6.84. The standard InChI is InChI=1S/C15H25NO3/c1-15(2)7-5-10(6-8-15)9-12(17)16-13(14(18)19)11-3-4-11/h10-11,13H,3-9H2,1-2H3,(H,16,17)(H,18,19). The predicted octanol–water partition coefficient (Wildman–Crippen LogP) is 2.57. The van der Waals surface area contributed by atoms with Gasteiger partial charge in [-0.25, -0.2) is 4.79 Å². The van der Waals surface area contributed by atoms with Crippen LogP contribution in [0.1, 0.15) is 58.8 Å². The average Bonchev–Trinajstić information content (AvgIpc) is 3.12. The molecule has 19 heavy (non-hydrogen) atoms. The van der Waals surface area contributed by atoms with Gasteiger partial charge in [-0.15, -0.1) is 0 Å². The van der Waals surface area contributed by atoms with Crippen molar-refractivity contribution in [3.8, 4) is 0 Å². The highest BCUT2D eigenvalue weighted by Crippen LogP contribution is 2.39. The van der Waals surface area contributed by atoms with Crippen LogP contribution in [0.4, 0.5) is 0 Å². The molecule has 0 radical (unpaired) electrons. The molecule has 0 aromatic heterocycles. The highest BCUT2D eigenvalue weighted by atomic mass is 16.4. The van der Waals surface area contributed by atoms with Crippen LogP contribution in [-0.4, -0.2) is 23.0 Å². The van der Waals surface area contributed by atoms with E-state index in [0.717, 1.165) is 38.5 Å². The summed E-state index contributed by atoms with van der Waals surface area (Å²) in [7, 11) is 0. The third-order valence-electron chi connectivity index (χ3n) is 4.61. The Morgan fingerprint density at radius 2 is 1.79 bits per heavy atom. The van der Waals surface area contributed by atoms with E-state index in [1.807, 2.05) is 0 Å². The van der Waals surface area contributed by atoms with E-state index in [0.29, 0.717) is 17.8 Å². The lowest BCUT2D eigenvalue weighted by Crippen LogP contribution is -2.43. The van der Waals surface area contributed by atoms with Gasteiger partial charge in [0.2, 0.25) is 5.91 Å². The molecule has 0 spiro atoms. The number of aliphatic carboxylic acids is 1. The van der Waals surface area contributed by atoms with Gasteiger partial charge in [0.15, 0.2) is 0 Å². The predicted molar refractivity (Wildman–Crippen MR) is 72.6 cm³/mol. The molecule has 108 valence electrons. The van der Waals surface area contributed by atoms with E-state index >= 15 is 0 Å². The Bertz CT molecular complexity index is 350. The van der Waals surface area contributed by atoms with Crippen molar-refractivity contribution in [3.63, 3.8) is 0 Å². The van der Waals surface area contributed by atoms with Gasteiger partial charge in [-0.2, -0.15) is 0 Å². The molecule has 2 saturated carbocycles. The lowest BCUT2D eigenvalue weighted by Gasteiger charge is -2.34. The third-order valence-corrected chi connectivity index (χ3v) is 4.61. The van der Waals surface area contributed by atoms with E-state index in [4.69, 9.17) is 5.11 Å². The minimum atomic E-state index is -0.888. The summed E-state index contributed by atoms with van der Waals surface area (Å²) in [6, 6.07) is -0.660. The molecule has 0 aromatic rings. The van der Waals surface area contributed by atoms with Gasteiger partial charge < -0.3 is 10.4 Å². The van der Waals surface area contributed by atoms with Crippen molar-refractivity contribution >= 4 is 11.9 Å². The first-order chi connectivity index (χ1) is 8.87. The SMILES string of the molecule is CC1(C)CCC(CC(=O)NC(C(=O)O)C2CC2)CC1. The van der Waals surface area contributed by atoms with Crippen LogP contribution in [0.2, 0.25) is 0 Å². The van der Waals surface area contributed by atoms with Crippen molar-refractivity contribution in [1.29, 1.82) is 0 Å². The van der Waals surface area contributed by atoms with Crippen molar-refractivity contribution in [2.45, 2.75) is 64.8 Å². The Morgan fingerprint density at radius 1 is 1.21 bits per heavy atom. The van der Waals surface area contributed by atoms with Crippen LogP contribution in [0.3, 0.4) is 0 Å². The minimum Gasteiger partial charge on any atom is -0.480 e. The zero-order valence-corrected chi connectivity index (χ0v) is 11.9. The van der Waals surface area contributed by atoms with E-state index in [-0.39, 0.29) is 11.8 Å². The van der Waals surface area contributed by atoms with Crippen LogP contribution >= 0.6 is 0 Å². The molecule has 0 aliphatic heterocycles. The topological polar surface area (TPSA) is 66.4 Å². The fourth-order valence-corrected chi connectivity index (χ4v) is 2.97. The average molecular weight is 267 g/mol. The van der Waals surface area contributed by atoms with Crippen molar-refractivity contribution in [3.05, 3.63) is 0 Å². The summed E-state index contributed by atoms with van der Waals surface area (Å²) in [6.45, 7) is 4.55. The molecule has 2 aliphatic carbocycles. The molecule has 4 heteroatoms. The first-order valence-electron chi connectivity index (χ1n) is 7.39. The van der Waals surface area contributed by atoms with Crippen LogP contribution in [0.25, 0.3) is 0 Å². The first-order valence-corrected chi connectivity index (χ1v) is 7.39. The maximum absolute atomic E-state index is 11.9. The normalized spacial score (nSPS) is 24.7. The summed E-state index contributed by atoms with van der Waals surface area (Å²) >= 11 is 0. The van der Waals surface area contributed by atoms with E-state index in [1.54, 1.807) is 0 Å². The van der Waals surface area contributed by atoms with Crippen LogP contribution < -0.4 is 5.32 Å². The lowest BCUT2D eigenvalue weighted by molar-refractivity contribution is -0.142. The summed E-state index contributed by atoms with van der Waals surface area (Å²) in [5.41, 5.74) is 0.407. The molecule has 1 unspecified atom stereocenters. The largest absolute Gasteiger partial charge is 0.480 e. The number of carbonyl (C=O) groups is 2. The van der Waals surface area contributed by atoms with Gasteiger partial charge in [0.05, 0.1) is 0 Å². The Kier molecular flexibility index (Phi) is 4.16. The Hall–Kier alpha value is -1.06. The zero-order chi connectivity index (χ0) is 14.0. The molecular formula is C15H25NO3. The van der Waals surface area contributed by atoms with Crippen molar-refractivity contribution < 1.29 is 14.7 Å². The van der Waals surface area contributed by atoms with Crippen molar-refractivity contribution in [1.82, 2.24) is 5.32 Å². The summed E-state index contributed by atoms with van der Waals surface area (Å²) < 4.78 is 0. The Morgan fingerprint density at radius 3 is 2.26 bits per heavy atom. The minimum absolute atomic E-state index is 0.0796. The van der Waals surface area contributed by atoms with Crippen LogP contribution in [0, 0.1) is 17.3 Å². The summed E-state index contributed by atoms with van der Waals surface area (Å²) in [5.74, 6) is -0.377. The number of amides is 1. The maximum atomic E-state index is 11.9. The molecule has 0 saturated heterocycles. The number of rotatable bonds is 5. The quantitative estimate of drug-likeness (QED) is 0.804. The monoisotopic (exact) mass is 267 g/mol. The van der Waals surface area contributed by atoms with Crippen LogP contribution in [0.15, 0.2) is 0 Å². The molecule has 0 heterocycles. The molecule has 0 aromatic carbocycles. The van der Waals surface area contributed by atoms with Crippen molar-refractivity contribution in [2.24, 2.45) is 17.3 Å². The molecule has 2 rings (SSSR count). The summed E-state index contributed by atoms with van der Waals surface area (Å²) in [4.78, 5) is 23.0. The molecule has 4 nitrogen and oxygen atoms in total. The smallest absolute Gasteiger partial charge is 0.326 e. The number of nitrogens with one attached hydrogen (secondary N) is 1. The molecule has 1 atom stereocenters. The molecule has 0 bridgehead atoms. The van der Waals surface area contributed by atoms with E-state index in [9.17, 15) is 9.59 Å². The van der Waals surface area contributed by atoms with Gasteiger partial charge in [-0.1, -0.05) is 13.8 Å². The number of hydrogen-bond acceptors (Lipinski definition) is 2. The second-order valence-corrected chi connectivity index (χ2v) is 7.03. The highest BCUT2D eigenvalue weighted by molar-refractivity contribution is 5.84. The fourth-order valence-electron chi connectivity index (χ4n) is 2.97. The highest BCUT2D eigenvalue weighted by Gasteiger charge is 2.37. The van der Waals surface area contributed by atoms with Crippen LogP contribution in [0.5, 0.6) is 0 Å². The second-order valence-electron chi connectivity index (χ2n) is 7.03. The number of carboxylic acid groups (broad SMARTS) is 1. The molecule has 1 amide bonds. The van der Waals surface area contributed by atoms with Gasteiger partial charge in [0.1, 0.15) is 6.04 Å².